The summed E-state index contributed by atoms with van der Waals surface area (Å²) in [6.45, 7) is 0. The second-order valence-corrected chi connectivity index (χ2v) is 7.50. The third-order valence-corrected chi connectivity index (χ3v) is 5.65. The number of nitrogens with one attached hydrogen (secondary N) is 1. The first-order valence-electron chi connectivity index (χ1n) is 8.84. The van der Waals surface area contributed by atoms with E-state index in [1.807, 2.05) is 18.2 Å². The lowest BCUT2D eigenvalue weighted by Gasteiger charge is -2.11. The molecule has 8 nitrogen and oxygen atoms in total. The Kier molecular flexibility index (Phi) is 7.07. The molecule has 1 N–H and O–H groups in total. The van der Waals surface area contributed by atoms with E-state index < -0.39 is 0 Å². The lowest BCUT2D eigenvalue weighted by atomic mass is 10.2. The molecular formula is C20H21ClN4O4S. The van der Waals surface area contributed by atoms with E-state index in [1.54, 1.807) is 39.5 Å². The zero-order chi connectivity index (χ0) is 21.7. The highest BCUT2D eigenvalue weighted by atomic mass is 35.5. The van der Waals surface area contributed by atoms with Crippen LogP contribution < -0.4 is 25.1 Å². The number of methoxy groups -OCH3 is 3. The minimum Gasteiger partial charge on any atom is -0.495 e. The van der Waals surface area contributed by atoms with Crippen molar-refractivity contribution in [1.29, 1.82) is 0 Å². The Morgan fingerprint density at radius 3 is 2.37 bits per heavy atom. The molecule has 1 aromatic heterocycles. The Morgan fingerprint density at radius 2 is 1.70 bits per heavy atom. The number of thioether (sulfide) groups is 1. The standard InChI is InChI=1S/C20H21ClN4O4S/c1-25-19(26)18(22-13-6-8-15(27-2)14(21)10-13)23-24-20(25)30-11-12-5-7-16(28-3)17(9-12)29-4/h5-10H,11H2,1-4H3,(H,22,23). The van der Waals surface area contributed by atoms with Gasteiger partial charge in [-0.05, 0) is 35.9 Å². The number of hydrogen-bond donors (Lipinski definition) is 1. The van der Waals surface area contributed by atoms with Crippen molar-refractivity contribution in [3.63, 3.8) is 0 Å². The van der Waals surface area contributed by atoms with Gasteiger partial charge in [-0.15, -0.1) is 10.2 Å². The zero-order valence-corrected chi connectivity index (χ0v) is 18.5. The molecule has 0 saturated carbocycles. The molecule has 0 aliphatic carbocycles. The van der Waals surface area contributed by atoms with Crippen LogP contribution in [0.5, 0.6) is 17.2 Å². The molecular weight excluding hydrogens is 428 g/mol. The van der Waals surface area contributed by atoms with Gasteiger partial charge in [0.15, 0.2) is 16.7 Å². The summed E-state index contributed by atoms with van der Waals surface area (Å²) in [5.41, 5.74) is 1.31. The molecule has 10 heteroatoms. The Hall–Kier alpha value is -2.91. The van der Waals surface area contributed by atoms with Crippen LogP contribution in [-0.4, -0.2) is 36.1 Å². The Morgan fingerprint density at radius 1 is 1.00 bits per heavy atom. The van der Waals surface area contributed by atoms with E-state index in [1.165, 1.54) is 23.4 Å². The minimum atomic E-state index is -0.299. The summed E-state index contributed by atoms with van der Waals surface area (Å²) in [5, 5.41) is 12.1. The number of nitrogens with zero attached hydrogens (tertiary/aromatic N) is 3. The normalized spacial score (nSPS) is 10.6. The molecule has 2 aromatic carbocycles. The van der Waals surface area contributed by atoms with E-state index in [4.69, 9.17) is 25.8 Å². The van der Waals surface area contributed by atoms with Crippen molar-refractivity contribution < 1.29 is 14.2 Å². The lowest BCUT2D eigenvalue weighted by molar-refractivity contribution is 0.354. The van der Waals surface area contributed by atoms with Gasteiger partial charge < -0.3 is 19.5 Å². The van der Waals surface area contributed by atoms with Crippen LogP contribution in [0.4, 0.5) is 11.5 Å². The van der Waals surface area contributed by atoms with Crippen molar-refractivity contribution in [2.75, 3.05) is 26.6 Å². The van der Waals surface area contributed by atoms with E-state index in [0.29, 0.717) is 38.9 Å². The number of ether oxygens (including phenoxy) is 3. The smallest absolute Gasteiger partial charge is 0.297 e. The fourth-order valence-electron chi connectivity index (χ4n) is 2.65. The largest absolute Gasteiger partial charge is 0.495 e. The molecule has 0 fully saturated rings. The monoisotopic (exact) mass is 448 g/mol. The molecule has 3 rings (SSSR count). The summed E-state index contributed by atoms with van der Waals surface area (Å²) in [6.07, 6.45) is 0. The number of halogens is 1. The van der Waals surface area contributed by atoms with Crippen LogP contribution in [-0.2, 0) is 12.8 Å². The molecule has 30 heavy (non-hydrogen) atoms. The third-order valence-electron chi connectivity index (χ3n) is 4.26. The van der Waals surface area contributed by atoms with Crippen LogP contribution in [0.1, 0.15) is 5.56 Å². The van der Waals surface area contributed by atoms with Gasteiger partial charge in [0.25, 0.3) is 5.56 Å². The molecule has 158 valence electrons. The van der Waals surface area contributed by atoms with Gasteiger partial charge in [0, 0.05) is 18.5 Å². The van der Waals surface area contributed by atoms with E-state index in [2.05, 4.69) is 15.5 Å². The Balaban J connectivity index is 1.75. The first kappa shape index (κ1) is 21.8. The summed E-state index contributed by atoms with van der Waals surface area (Å²) in [6, 6.07) is 10.8. The molecule has 0 bridgehead atoms. The number of anilines is 2. The van der Waals surface area contributed by atoms with Crippen LogP contribution >= 0.6 is 23.4 Å². The van der Waals surface area contributed by atoms with Crippen LogP contribution in [0.2, 0.25) is 5.02 Å². The van der Waals surface area contributed by atoms with Crippen molar-refractivity contribution in [3.8, 4) is 17.2 Å². The van der Waals surface area contributed by atoms with E-state index in [-0.39, 0.29) is 11.4 Å². The van der Waals surface area contributed by atoms with Gasteiger partial charge in [0.1, 0.15) is 5.75 Å². The highest BCUT2D eigenvalue weighted by Gasteiger charge is 2.12. The Labute approximate surface area is 183 Å². The minimum absolute atomic E-state index is 0.106. The number of benzene rings is 2. The average molecular weight is 449 g/mol. The summed E-state index contributed by atoms with van der Waals surface area (Å²) < 4.78 is 17.2. The van der Waals surface area contributed by atoms with Crippen molar-refractivity contribution in [2.24, 2.45) is 7.05 Å². The average Bonchev–Trinajstić information content (AvgIpc) is 2.76. The predicted octanol–water partition coefficient (Wildman–Crippen LogP) is 3.89. The second-order valence-electron chi connectivity index (χ2n) is 6.15. The predicted molar refractivity (Wildman–Crippen MR) is 118 cm³/mol. The SMILES string of the molecule is COc1ccc(Nc2nnc(SCc3ccc(OC)c(OC)c3)n(C)c2=O)cc1Cl. The highest BCUT2D eigenvalue weighted by Crippen LogP contribution is 2.30. The van der Waals surface area contributed by atoms with Crippen molar-refractivity contribution in [3.05, 3.63) is 57.3 Å². The van der Waals surface area contributed by atoms with Gasteiger partial charge in [-0.1, -0.05) is 29.4 Å². The fraction of sp³-hybridized carbons (Fsp3) is 0.250. The van der Waals surface area contributed by atoms with Gasteiger partial charge in [0.2, 0.25) is 5.82 Å². The molecule has 0 unspecified atom stereocenters. The number of aromatic nitrogens is 3. The molecule has 0 amide bonds. The van der Waals surface area contributed by atoms with Gasteiger partial charge >= 0.3 is 0 Å². The van der Waals surface area contributed by atoms with Crippen molar-refractivity contribution in [1.82, 2.24) is 14.8 Å². The summed E-state index contributed by atoms with van der Waals surface area (Å²) >= 11 is 7.52. The molecule has 0 aliphatic rings. The van der Waals surface area contributed by atoms with E-state index >= 15 is 0 Å². The number of hydrogen-bond acceptors (Lipinski definition) is 8. The van der Waals surface area contributed by atoms with E-state index in [0.717, 1.165) is 5.56 Å². The molecule has 0 spiro atoms. The second kappa shape index (κ2) is 9.73. The highest BCUT2D eigenvalue weighted by molar-refractivity contribution is 7.98. The third kappa shape index (κ3) is 4.80. The summed E-state index contributed by atoms with van der Waals surface area (Å²) in [4.78, 5) is 12.7. The molecule has 0 saturated heterocycles. The maximum Gasteiger partial charge on any atom is 0.297 e. The van der Waals surface area contributed by atoms with Crippen molar-refractivity contribution in [2.45, 2.75) is 10.9 Å². The van der Waals surface area contributed by atoms with Crippen LogP contribution in [0.3, 0.4) is 0 Å². The molecule has 0 radical (unpaired) electrons. The molecule has 1 heterocycles. The van der Waals surface area contributed by atoms with Gasteiger partial charge in [-0.2, -0.15) is 0 Å². The van der Waals surface area contributed by atoms with E-state index in [9.17, 15) is 4.79 Å². The molecule has 0 atom stereocenters. The van der Waals surface area contributed by atoms with Crippen LogP contribution in [0, 0.1) is 0 Å². The molecule has 0 aliphatic heterocycles. The first-order chi connectivity index (χ1) is 14.5. The summed E-state index contributed by atoms with van der Waals surface area (Å²) in [7, 11) is 6.37. The first-order valence-corrected chi connectivity index (χ1v) is 10.2. The maximum atomic E-state index is 12.7. The fourth-order valence-corrected chi connectivity index (χ4v) is 3.76. The number of rotatable bonds is 8. The summed E-state index contributed by atoms with van der Waals surface area (Å²) in [5.74, 6) is 2.54. The Bertz CT molecular complexity index is 1110. The topological polar surface area (TPSA) is 87.5 Å². The lowest BCUT2D eigenvalue weighted by Crippen LogP contribution is -2.24. The van der Waals surface area contributed by atoms with Crippen LogP contribution in [0.15, 0.2) is 46.3 Å². The molecule has 3 aromatic rings. The van der Waals surface area contributed by atoms with Gasteiger partial charge in [-0.3, -0.25) is 9.36 Å². The van der Waals surface area contributed by atoms with Crippen LogP contribution in [0.25, 0.3) is 0 Å². The zero-order valence-electron chi connectivity index (χ0n) is 16.9. The quantitative estimate of drug-likeness (QED) is 0.519. The maximum absolute atomic E-state index is 12.7. The van der Waals surface area contributed by atoms with Crippen molar-refractivity contribution >= 4 is 34.9 Å². The van der Waals surface area contributed by atoms with Gasteiger partial charge in [0.05, 0.1) is 26.4 Å². The van der Waals surface area contributed by atoms with Gasteiger partial charge in [-0.25, -0.2) is 0 Å².